The second kappa shape index (κ2) is 7.58. The van der Waals surface area contributed by atoms with Crippen LogP contribution in [-0.4, -0.2) is 36.6 Å². The summed E-state index contributed by atoms with van der Waals surface area (Å²) in [5.74, 6) is 0. The number of nitrogens with zero attached hydrogens (tertiary/aromatic N) is 1. The van der Waals surface area contributed by atoms with E-state index in [2.05, 4.69) is 48.6 Å². The zero-order chi connectivity index (χ0) is 14.4. The molecule has 0 aromatic carbocycles. The van der Waals surface area contributed by atoms with E-state index in [0.29, 0.717) is 11.6 Å². The minimum Gasteiger partial charge on any atom is -0.315 e. The maximum atomic E-state index is 3.65. The lowest BCUT2D eigenvalue weighted by Gasteiger charge is -2.47. The standard InChI is InChI=1S/C17H30N2S/c1-4-17(5-2,19-12-6-7-13-19)16(18-3)11-10-15-9-8-14-20-15/h8-9,14,16,18H,4-7,10-13H2,1-3H3. The van der Waals surface area contributed by atoms with E-state index in [-0.39, 0.29) is 0 Å². The number of hydrogen-bond donors (Lipinski definition) is 1. The smallest absolute Gasteiger partial charge is 0.0357 e. The summed E-state index contributed by atoms with van der Waals surface area (Å²) < 4.78 is 0. The summed E-state index contributed by atoms with van der Waals surface area (Å²) in [5.41, 5.74) is 0.350. The first-order valence-corrected chi connectivity index (χ1v) is 9.09. The van der Waals surface area contributed by atoms with Crippen molar-refractivity contribution in [3.05, 3.63) is 22.4 Å². The second-order valence-electron chi connectivity index (χ2n) is 5.96. The number of nitrogens with one attached hydrogen (secondary N) is 1. The van der Waals surface area contributed by atoms with Crippen LogP contribution in [-0.2, 0) is 6.42 Å². The van der Waals surface area contributed by atoms with Gasteiger partial charge in [0.2, 0.25) is 0 Å². The Hall–Kier alpha value is -0.380. The number of hydrogen-bond acceptors (Lipinski definition) is 3. The molecule has 0 bridgehead atoms. The van der Waals surface area contributed by atoms with Gasteiger partial charge in [-0.15, -0.1) is 11.3 Å². The van der Waals surface area contributed by atoms with Gasteiger partial charge in [0.1, 0.15) is 0 Å². The van der Waals surface area contributed by atoms with Gasteiger partial charge in [0.25, 0.3) is 0 Å². The monoisotopic (exact) mass is 294 g/mol. The average molecular weight is 295 g/mol. The predicted octanol–water partition coefficient (Wildman–Crippen LogP) is 3.92. The van der Waals surface area contributed by atoms with Gasteiger partial charge in [-0.1, -0.05) is 19.9 Å². The number of likely N-dealkylation sites (N-methyl/N-ethyl adjacent to an activating group) is 1. The summed E-state index contributed by atoms with van der Waals surface area (Å²) in [6.45, 7) is 7.33. The van der Waals surface area contributed by atoms with E-state index < -0.39 is 0 Å². The van der Waals surface area contributed by atoms with Gasteiger partial charge in [-0.25, -0.2) is 0 Å². The third-order valence-electron chi connectivity index (χ3n) is 5.22. The predicted molar refractivity (Wildman–Crippen MR) is 89.6 cm³/mol. The molecule has 0 radical (unpaired) electrons. The minimum atomic E-state index is 0.350. The lowest BCUT2D eigenvalue weighted by molar-refractivity contribution is 0.0618. The summed E-state index contributed by atoms with van der Waals surface area (Å²) >= 11 is 1.89. The molecule has 0 amide bonds. The molecule has 1 aliphatic rings. The molecule has 0 saturated carbocycles. The summed E-state index contributed by atoms with van der Waals surface area (Å²) in [4.78, 5) is 4.29. The van der Waals surface area contributed by atoms with Gasteiger partial charge in [0, 0.05) is 16.5 Å². The van der Waals surface area contributed by atoms with Gasteiger partial charge >= 0.3 is 0 Å². The molecule has 0 aliphatic carbocycles. The zero-order valence-electron chi connectivity index (χ0n) is 13.3. The van der Waals surface area contributed by atoms with E-state index >= 15 is 0 Å². The molecule has 1 unspecified atom stereocenters. The molecule has 2 nitrogen and oxygen atoms in total. The molecule has 1 aromatic heterocycles. The van der Waals surface area contributed by atoms with E-state index in [1.54, 1.807) is 0 Å². The fraction of sp³-hybridized carbons (Fsp3) is 0.765. The molecule has 1 N–H and O–H groups in total. The van der Waals surface area contributed by atoms with E-state index in [9.17, 15) is 0 Å². The fourth-order valence-electron chi connectivity index (χ4n) is 4.00. The highest BCUT2D eigenvalue weighted by atomic mass is 32.1. The van der Waals surface area contributed by atoms with Crippen LogP contribution in [0.25, 0.3) is 0 Å². The molecule has 20 heavy (non-hydrogen) atoms. The first-order valence-electron chi connectivity index (χ1n) is 8.21. The third kappa shape index (κ3) is 3.26. The summed E-state index contributed by atoms with van der Waals surface area (Å²) in [6.07, 6.45) is 7.71. The van der Waals surface area contributed by atoms with Crippen molar-refractivity contribution < 1.29 is 0 Å². The highest BCUT2D eigenvalue weighted by Gasteiger charge is 2.40. The van der Waals surface area contributed by atoms with Gasteiger partial charge in [-0.05, 0) is 70.1 Å². The van der Waals surface area contributed by atoms with Crippen molar-refractivity contribution in [1.82, 2.24) is 10.2 Å². The Labute approximate surface area is 128 Å². The molecular weight excluding hydrogens is 264 g/mol. The highest BCUT2D eigenvalue weighted by Crippen LogP contribution is 2.33. The highest BCUT2D eigenvalue weighted by molar-refractivity contribution is 7.09. The molecule has 2 rings (SSSR count). The van der Waals surface area contributed by atoms with E-state index in [0.717, 1.165) is 0 Å². The molecule has 1 aromatic rings. The van der Waals surface area contributed by atoms with Crippen molar-refractivity contribution in [2.45, 2.75) is 64.0 Å². The van der Waals surface area contributed by atoms with Crippen molar-refractivity contribution in [2.24, 2.45) is 0 Å². The number of thiophene rings is 1. The molecular formula is C17H30N2S. The van der Waals surface area contributed by atoms with Crippen molar-refractivity contribution >= 4 is 11.3 Å². The third-order valence-corrected chi connectivity index (χ3v) is 6.15. The van der Waals surface area contributed by atoms with Gasteiger partial charge in [-0.3, -0.25) is 4.90 Å². The Morgan fingerprint density at radius 1 is 1.30 bits per heavy atom. The first kappa shape index (κ1) is 16.0. The van der Waals surface area contributed by atoms with Gasteiger partial charge < -0.3 is 5.32 Å². The van der Waals surface area contributed by atoms with Crippen LogP contribution in [0.1, 0.15) is 50.8 Å². The lowest BCUT2D eigenvalue weighted by Crippen LogP contribution is -2.59. The maximum absolute atomic E-state index is 3.65. The van der Waals surface area contributed by atoms with Crippen molar-refractivity contribution in [3.8, 4) is 0 Å². The summed E-state index contributed by atoms with van der Waals surface area (Å²) in [6, 6.07) is 5.03. The quantitative estimate of drug-likeness (QED) is 0.781. The van der Waals surface area contributed by atoms with E-state index in [4.69, 9.17) is 0 Å². The van der Waals surface area contributed by atoms with Crippen LogP contribution < -0.4 is 5.32 Å². The lowest BCUT2D eigenvalue weighted by atomic mass is 9.80. The Kier molecular flexibility index (Phi) is 6.06. The van der Waals surface area contributed by atoms with E-state index in [1.165, 1.54) is 56.5 Å². The zero-order valence-corrected chi connectivity index (χ0v) is 14.1. The van der Waals surface area contributed by atoms with Crippen LogP contribution in [0.4, 0.5) is 0 Å². The Morgan fingerprint density at radius 2 is 2.00 bits per heavy atom. The van der Waals surface area contributed by atoms with Crippen LogP contribution in [0.3, 0.4) is 0 Å². The molecule has 3 heteroatoms. The molecule has 1 atom stereocenters. The second-order valence-corrected chi connectivity index (χ2v) is 7.00. The Bertz CT molecular complexity index is 364. The van der Waals surface area contributed by atoms with Gasteiger partial charge in [-0.2, -0.15) is 0 Å². The van der Waals surface area contributed by atoms with Crippen molar-refractivity contribution in [3.63, 3.8) is 0 Å². The maximum Gasteiger partial charge on any atom is 0.0357 e. The van der Waals surface area contributed by atoms with Crippen LogP contribution in [0, 0.1) is 0 Å². The van der Waals surface area contributed by atoms with Crippen LogP contribution in [0.2, 0.25) is 0 Å². The first-order chi connectivity index (χ1) is 9.76. The van der Waals surface area contributed by atoms with Crippen LogP contribution in [0.5, 0.6) is 0 Å². The summed E-state index contributed by atoms with van der Waals surface area (Å²) in [5, 5.41) is 5.84. The molecule has 114 valence electrons. The summed E-state index contributed by atoms with van der Waals surface area (Å²) in [7, 11) is 2.15. The van der Waals surface area contributed by atoms with Crippen molar-refractivity contribution in [2.75, 3.05) is 20.1 Å². The normalized spacial score (nSPS) is 18.6. The molecule has 1 fully saturated rings. The molecule has 2 heterocycles. The Balaban J connectivity index is 2.07. The number of likely N-dealkylation sites (tertiary alicyclic amines) is 1. The molecule has 1 aliphatic heterocycles. The number of rotatable bonds is 8. The van der Waals surface area contributed by atoms with Crippen LogP contribution in [0.15, 0.2) is 17.5 Å². The van der Waals surface area contributed by atoms with Gasteiger partial charge in [0.05, 0.1) is 0 Å². The Morgan fingerprint density at radius 3 is 2.50 bits per heavy atom. The average Bonchev–Trinajstić information content (AvgIpc) is 3.16. The minimum absolute atomic E-state index is 0.350. The van der Waals surface area contributed by atoms with Crippen molar-refractivity contribution in [1.29, 1.82) is 0 Å². The molecule has 0 spiro atoms. The molecule has 1 saturated heterocycles. The number of aryl methyl sites for hydroxylation is 1. The largest absolute Gasteiger partial charge is 0.315 e. The SMILES string of the molecule is CCC(CC)(C(CCc1cccs1)NC)N1CCCC1. The van der Waals surface area contributed by atoms with Gasteiger partial charge in [0.15, 0.2) is 0 Å². The topological polar surface area (TPSA) is 15.3 Å². The van der Waals surface area contributed by atoms with Crippen LogP contribution >= 0.6 is 11.3 Å². The fourth-order valence-corrected chi connectivity index (χ4v) is 4.72. The van der Waals surface area contributed by atoms with E-state index in [1.807, 2.05) is 11.3 Å².